The zero-order valence-corrected chi connectivity index (χ0v) is 10.6. The van der Waals surface area contributed by atoms with E-state index < -0.39 is 0 Å². The fourth-order valence-electron chi connectivity index (χ4n) is 2.25. The Morgan fingerprint density at radius 3 is 2.44 bits per heavy atom. The molecule has 1 aromatic rings. The molecule has 4 heteroatoms. The van der Waals surface area contributed by atoms with E-state index in [1.54, 1.807) is 0 Å². The maximum absolute atomic E-state index is 4.20. The highest BCUT2D eigenvalue weighted by Crippen LogP contribution is 2.09. The first-order chi connectivity index (χ1) is 7.65. The van der Waals surface area contributed by atoms with E-state index >= 15 is 0 Å². The maximum atomic E-state index is 4.20. The number of piperazine rings is 1. The van der Waals surface area contributed by atoms with Crippen LogP contribution in [0.25, 0.3) is 0 Å². The summed E-state index contributed by atoms with van der Waals surface area (Å²) < 4.78 is 1.87. The number of aryl methyl sites for hydroxylation is 1. The van der Waals surface area contributed by atoms with Gasteiger partial charge in [-0.15, -0.1) is 0 Å². The third-order valence-electron chi connectivity index (χ3n) is 3.30. The quantitative estimate of drug-likeness (QED) is 0.761. The van der Waals surface area contributed by atoms with Gasteiger partial charge in [0.1, 0.15) is 0 Å². The second-order valence-corrected chi connectivity index (χ2v) is 4.93. The Balaban J connectivity index is 1.81. The third-order valence-corrected chi connectivity index (χ3v) is 3.30. The Morgan fingerprint density at radius 1 is 1.25 bits per heavy atom. The number of aromatic nitrogens is 2. The molecule has 0 amide bonds. The fraction of sp³-hybridized carbons (Fsp3) is 0.750. The van der Waals surface area contributed by atoms with Crippen LogP contribution in [-0.4, -0.2) is 51.8 Å². The Kier molecular flexibility index (Phi) is 3.61. The molecule has 1 aliphatic heterocycles. The van der Waals surface area contributed by atoms with Gasteiger partial charge in [0.05, 0.1) is 6.20 Å². The summed E-state index contributed by atoms with van der Waals surface area (Å²) in [7, 11) is 1.97. The number of hydrogen-bond acceptors (Lipinski definition) is 3. The van der Waals surface area contributed by atoms with E-state index in [1.807, 2.05) is 17.9 Å². The normalized spacial score (nSPS) is 19.5. The van der Waals surface area contributed by atoms with Gasteiger partial charge < -0.3 is 0 Å². The molecule has 1 aliphatic rings. The van der Waals surface area contributed by atoms with Crippen LogP contribution in [0, 0.1) is 0 Å². The topological polar surface area (TPSA) is 24.3 Å². The van der Waals surface area contributed by atoms with Crippen molar-refractivity contribution in [2.75, 3.05) is 26.2 Å². The molecule has 2 heterocycles. The lowest BCUT2D eigenvalue weighted by Gasteiger charge is -2.36. The fourth-order valence-corrected chi connectivity index (χ4v) is 2.25. The summed E-state index contributed by atoms with van der Waals surface area (Å²) >= 11 is 0. The van der Waals surface area contributed by atoms with Gasteiger partial charge in [-0.25, -0.2) is 0 Å². The molecule has 0 aliphatic carbocycles. The predicted octanol–water partition coefficient (Wildman–Crippen LogP) is 0.946. The minimum absolute atomic E-state index is 0.681. The standard InChI is InChI=1S/C12H22N4/c1-11(2)16-6-4-15(5-7-16)10-12-8-13-14(3)9-12/h8-9,11H,4-7,10H2,1-3H3. The van der Waals surface area contributed by atoms with E-state index in [4.69, 9.17) is 0 Å². The Labute approximate surface area is 97.8 Å². The molecule has 0 unspecified atom stereocenters. The number of rotatable bonds is 3. The summed E-state index contributed by atoms with van der Waals surface area (Å²) in [6.07, 6.45) is 4.07. The van der Waals surface area contributed by atoms with Crippen molar-refractivity contribution >= 4 is 0 Å². The van der Waals surface area contributed by atoms with Crippen molar-refractivity contribution < 1.29 is 0 Å². The first-order valence-electron chi connectivity index (χ1n) is 6.09. The highest BCUT2D eigenvalue weighted by atomic mass is 15.3. The third kappa shape index (κ3) is 2.83. The van der Waals surface area contributed by atoms with Gasteiger partial charge >= 0.3 is 0 Å². The van der Waals surface area contributed by atoms with E-state index in [9.17, 15) is 0 Å². The minimum Gasteiger partial charge on any atom is -0.298 e. The predicted molar refractivity (Wildman–Crippen MR) is 65.2 cm³/mol. The monoisotopic (exact) mass is 222 g/mol. The van der Waals surface area contributed by atoms with Crippen LogP contribution in [0.4, 0.5) is 0 Å². The smallest absolute Gasteiger partial charge is 0.0534 e. The average molecular weight is 222 g/mol. The Hall–Kier alpha value is -0.870. The molecular weight excluding hydrogens is 200 g/mol. The van der Waals surface area contributed by atoms with E-state index in [0.29, 0.717) is 6.04 Å². The summed E-state index contributed by atoms with van der Waals surface area (Å²) in [6.45, 7) is 10.3. The van der Waals surface area contributed by atoms with Crippen molar-refractivity contribution in [1.29, 1.82) is 0 Å². The van der Waals surface area contributed by atoms with E-state index in [2.05, 4.69) is 34.9 Å². The van der Waals surface area contributed by atoms with Crippen LogP contribution in [0.15, 0.2) is 12.4 Å². The van der Waals surface area contributed by atoms with Crippen LogP contribution in [0.5, 0.6) is 0 Å². The zero-order valence-electron chi connectivity index (χ0n) is 10.6. The largest absolute Gasteiger partial charge is 0.298 e. The summed E-state index contributed by atoms with van der Waals surface area (Å²) in [5.74, 6) is 0. The van der Waals surface area contributed by atoms with E-state index in [0.717, 1.165) is 6.54 Å². The molecular formula is C12H22N4. The molecule has 90 valence electrons. The van der Waals surface area contributed by atoms with Crippen molar-refractivity contribution in [2.24, 2.45) is 7.05 Å². The summed E-state index contributed by atoms with van der Waals surface area (Å²) in [6, 6.07) is 0.681. The summed E-state index contributed by atoms with van der Waals surface area (Å²) in [4.78, 5) is 5.05. The molecule has 0 bridgehead atoms. The van der Waals surface area contributed by atoms with Gasteiger partial charge in [0, 0.05) is 57.6 Å². The highest BCUT2D eigenvalue weighted by Gasteiger charge is 2.18. The first-order valence-corrected chi connectivity index (χ1v) is 6.09. The SMILES string of the molecule is CC(C)N1CCN(Cc2cnn(C)c2)CC1. The molecule has 1 aromatic heterocycles. The van der Waals surface area contributed by atoms with Gasteiger partial charge in [0.25, 0.3) is 0 Å². The molecule has 0 atom stereocenters. The molecule has 2 rings (SSSR count). The first kappa shape index (κ1) is 11.6. The van der Waals surface area contributed by atoms with Crippen LogP contribution >= 0.6 is 0 Å². The molecule has 4 nitrogen and oxygen atoms in total. The van der Waals surface area contributed by atoms with Gasteiger partial charge in [0.15, 0.2) is 0 Å². The van der Waals surface area contributed by atoms with E-state index in [-0.39, 0.29) is 0 Å². The van der Waals surface area contributed by atoms with Crippen LogP contribution in [0.3, 0.4) is 0 Å². The van der Waals surface area contributed by atoms with Crippen LogP contribution < -0.4 is 0 Å². The van der Waals surface area contributed by atoms with Crippen molar-refractivity contribution in [1.82, 2.24) is 19.6 Å². The molecule has 0 aromatic carbocycles. The minimum atomic E-state index is 0.681. The molecule has 0 saturated carbocycles. The Bertz CT molecular complexity index is 324. The molecule has 1 saturated heterocycles. The molecule has 0 radical (unpaired) electrons. The highest BCUT2D eigenvalue weighted by molar-refractivity contribution is 5.03. The molecule has 16 heavy (non-hydrogen) atoms. The van der Waals surface area contributed by atoms with Crippen molar-refractivity contribution in [3.8, 4) is 0 Å². The van der Waals surface area contributed by atoms with Crippen molar-refractivity contribution in [3.05, 3.63) is 18.0 Å². The van der Waals surface area contributed by atoms with Crippen LogP contribution in [0.1, 0.15) is 19.4 Å². The average Bonchev–Trinajstić information content (AvgIpc) is 2.65. The van der Waals surface area contributed by atoms with Gasteiger partial charge in [-0.3, -0.25) is 14.5 Å². The van der Waals surface area contributed by atoms with Gasteiger partial charge in [-0.2, -0.15) is 5.10 Å². The van der Waals surface area contributed by atoms with Crippen molar-refractivity contribution in [2.45, 2.75) is 26.4 Å². The number of hydrogen-bond donors (Lipinski definition) is 0. The van der Waals surface area contributed by atoms with Gasteiger partial charge in [-0.1, -0.05) is 0 Å². The van der Waals surface area contributed by atoms with Crippen LogP contribution in [-0.2, 0) is 13.6 Å². The molecule has 0 spiro atoms. The van der Waals surface area contributed by atoms with Crippen molar-refractivity contribution in [3.63, 3.8) is 0 Å². The zero-order chi connectivity index (χ0) is 11.5. The Morgan fingerprint density at radius 2 is 1.94 bits per heavy atom. The maximum Gasteiger partial charge on any atom is 0.0534 e. The lowest BCUT2D eigenvalue weighted by atomic mass is 10.2. The van der Waals surface area contributed by atoms with E-state index in [1.165, 1.54) is 31.7 Å². The summed E-state index contributed by atoms with van der Waals surface area (Å²) in [5.41, 5.74) is 1.32. The second-order valence-electron chi connectivity index (χ2n) is 4.93. The summed E-state index contributed by atoms with van der Waals surface area (Å²) in [5, 5.41) is 4.20. The molecule has 1 fully saturated rings. The van der Waals surface area contributed by atoms with Crippen LogP contribution in [0.2, 0.25) is 0 Å². The molecule has 0 N–H and O–H groups in total. The van der Waals surface area contributed by atoms with Gasteiger partial charge in [-0.05, 0) is 13.8 Å². The lowest BCUT2D eigenvalue weighted by molar-refractivity contribution is 0.104. The second kappa shape index (κ2) is 4.97. The number of nitrogens with zero attached hydrogens (tertiary/aromatic N) is 4. The lowest BCUT2D eigenvalue weighted by Crippen LogP contribution is -2.48. The van der Waals surface area contributed by atoms with Gasteiger partial charge in [0.2, 0.25) is 0 Å².